The second-order valence-corrected chi connectivity index (χ2v) is 6.16. The van der Waals surface area contributed by atoms with E-state index in [1.54, 1.807) is 0 Å². The number of alkyl halides is 6. The first-order valence-electron chi connectivity index (χ1n) is 5.83. The van der Waals surface area contributed by atoms with Gasteiger partial charge in [0.05, 0.1) is 10.5 Å². The van der Waals surface area contributed by atoms with Gasteiger partial charge in [0, 0.05) is 0 Å². The molecule has 13 heteroatoms. The van der Waals surface area contributed by atoms with Gasteiger partial charge in [0.25, 0.3) is 0 Å². The SMILES string of the molecule is O=C(O)C(O)C(NS(=O)(=O)c1cccc(C(F)(F)F)c1)C(F)(F)F. The lowest BCUT2D eigenvalue weighted by molar-refractivity contribution is -0.185. The summed E-state index contributed by atoms with van der Waals surface area (Å²) in [5.41, 5.74) is -1.44. The molecular formula is C11H9F6NO5S. The van der Waals surface area contributed by atoms with Gasteiger partial charge in [0.1, 0.15) is 0 Å². The fraction of sp³-hybridized carbons (Fsp3) is 0.364. The largest absolute Gasteiger partial charge is 0.479 e. The maximum atomic E-state index is 12.7. The van der Waals surface area contributed by atoms with Crippen LogP contribution in [0.3, 0.4) is 0 Å². The normalized spacial score (nSPS) is 15.8. The van der Waals surface area contributed by atoms with Crippen LogP contribution < -0.4 is 4.72 Å². The van der Waals surface area contributed by atoms with Crippen molar-refractivity contribution >= 4 is 16.0 Å². The molecule has 0 aliphatic heterocycles. The molecule has 1 aromatic carbocycles. The van der Waals surface area contributed by atoms with Gasteiger partial charge < -0.3 is 10.2 Å². The van der Waals surface area contributed by atoms with Crippen LogP contribution in [0.15, 0.2) is 29.2 Å². The van der Waals surface area contributed by atoms with Crippen LogP contribution in [0.4, 0.5) is 26.3 Å². The predicted molar refractivity (Wildman–Crippen MR) is 65.3 cm³/mol. The Labute approximate surface area is 130 Å². The standard InChI is InChI=1S/C11H9F6NO5S/c12-10(13,14)5-2-1-3-6(4-5)24(22,23)18-8(11(15,16)17)7(19)9(20)21/h1-4,7-8,18-19H,(H,20,21). The molecule has 136 valence electrons. The minimum atomic E-state index is -5.51. The summed E-state index contributed by atoms with van der Waals surface area (Å²) in [4.78, 5) is 9.29. The number of aliphatic hydroxyl groups excluding tert-OH is 1. The summed E-state index contributed by atoms with van der Waals surface area (Å²) in [6, 6.07) is -1.66. The van der Waals surface area contributed by atoms with Gasteiger partial charge in [-0.1, -0.05) is 6.07 Å². The van der Waals surface area contributed by atoms with Crippen LogP contribution in [0.25, 0.3) is 0 Å². The van der Waals surface area contributed by atoms with E-state index < -0.39 is 50.9 Å². The number of sulfonamides is 1. The van der Waals surface area contributed by atoms with E-state index in [-0.39, 0.29) is 6.07 Å². The van der Waals surface area contributed by atoms with Crippen molar-refractivity contribution in [1.29, 1.82) is 0 Å². The third kappa shape index (κ3) is 4.82. The van der Waals surface area contributed by atoms with Crippen LogP contribution in [-0.4, -0.2) is 42.9 Å². The topological polar surface area (TPSA) is 104 Å². The number of aliphatic carboxylic acids is 1. The summed E-state index contributed by atoms with van der Waals surface area (Å²) in [7, 11) is -5.20. The third-order valence-electron chi connectivity index (χ3n) is 2.68. The minimum absolute atomic E-state index is 0.0723. The Morgan fingerprint density at radius 2 is 1.67 bits per heavy atom. The second-order valence-electron chi connectivity index (χ2n) is 4.45. The van der Waals surface area contributed by atoms with Crippen molar-refractivity contribution in [3.8, 4) is 0 Å². The zero-order valence-corrected chi connectivity index (χ0v) is 12.1. The number of carbonyl (C=O) groups is 1. The van der Waals surface area contributed by atoms with Crippen LogP contribution in [0.2, 0.25) is 0 Å². The van der Waals surface area contributed by atoms with Crippen molar-refractivity contribution in [2.45, 2.75) is 29.4 Å². The van der Waals surface area contributed by atoms with Gasteiger partial charge in [-0.3, -0.25) is 0 Å². The molecular weight excluding hydrogens is 372 g/mol. The molecule has 24 heavy (non-hydrogen) atoms. The summed E-state index contributed by atoms with van der Waals surface area (Å²) < 4.78 is 100. The van der Waals surface area contributed by atoms with E-state index in [4.69, 9.17) is 10.2 Å². The minimum Gasteiger partial charge on any atom is -0.479 e. The van der Waals surface area contributed by atoms with Crippen LogP contribution in [0, 0.1) is 0 Å². The molecule has 2 atom stereocenters. The Kier molecular flexibility index (Phi) is 5.52. The first kappa shape index (κ1) is 20.2. The fourth-order valence-electron chi connectivity index (χ4n) is 1.53. The molecule has 0 amide bonds. The monoisotopic (exact) mass is 381 g/mol. The van der Waals surface area contributed by atoms with E-state index in [0.29, 0.717) is 18.2 Å². The molecule has 0 heterocycles. The summed E-state index contributed by atoms with van der Waals surface area (Å²) in [6.45, 7) is 0. The van der Waals surface area contributed by atoms with Gasteiger partial charge in [-0.05, 0) is 18.2 Å². The van der Waals surface area contributed by atoms with Crippen molar-refractivity contribution in [2.75, 3.05) is 0 Å². The molecule has 2 unspecified atom stereocenters. The molecule has 3 N–H and O–H groups in total. The highest BCUT2D eigenvalue weighted by molar-refractivity contribution is 7.89. The molecule has 1 rings (SSSR count). The Balaban J connectivity index is 3.27. The van der Waals surface area contributed by atoms with Gasteiger partial charge in [-0.15, -0.1) is 0 Å². The quantitative estimate of drug-likeness (QED) is 0.669. The van der Waals surface area contributed by atoms with Gasteiger partial charge in [-0.25, -0.2) is 13.2 Å². The highest BCUT2D eigenvalue weighted by Crippen LogP contribution is 2.31. The number of rotatable bonds is 5. The fourth-order valence-corrected chi connectivity index (χ4v) is 2.80. The third-order valence-corrected chi connectivity index (χ3v) is 4.11. The van der Waals surface area contributed by atoms with Crippen molar-refractivity contribution in [3.05, 3.63) is 29.8 Å². The van der Waals surface area contributed by atoms with Crippen molar-refractivity contribution in [2.24, 2.45) is 0 Å². The predicted octanol–water partition coefficient (Wildman–Crippen LogP) is 1.36. The number of hydrogen-bond donors (Lipinski definition) is 3. The number of halogens is 6. The highest BCUT2D eigenvalue weighted by Gasteiger charge is 2.49. The number of aliphatic hydroxyl groups is 1. The average molecular weight is 381 g/mol. The van der Waals surface area contributed by atoms with Gasteiger partial charge in [0.15, 0.2) is 12.1 Å². The number of carboxylic acid groups (broad SMARTS) is 1. The lowest BCUT2D eigenvalue weighted by Crippen LogP contribution is -2.55. The second kappa shape index (κ2) is 6.57. The first-order chi connectivity index (χ1) is 10.7. The van der Waals surface area contributed by atoms with Crippen molar-refractivity contribution in [1.82, 2.24) is 4.72 Å². The summed E-state index contributed by atoms with van der Waals surface area (Å²) >= 11 is 0. The Morgan fingerprint density at radius 1 is 1.12 bits per heavy atom. The van der Waals surface area contributed by atoms with E-state index >= 15 is 0 Å². The Morgan fingerprint density at radius 3 is 2.08 bits per heavy atom. The molecule has 0 bridgehead atoms. The average Bonchev–Trinajstić information content (AvgIpc) is 2.42. The molecule has 0 aromatic heterocycles. The molecule has 0 radical (unpaired) electrons. The van der Waals surface area contributed by atoms with Crippen LogP contribution in [0.1, 0.15) is 5.56 Å². The lowest BCUT2D eigenvalue weighted by atomic mass is 10.2. The summed E-state index contributed by atoms with van der Waals surface area (Å²) in [5, 5.41) is 17.4. The molecule has 6 nitrogen and oxygen atoms in total. The Bertz CT molecular complexity index is 714. The van der Waals surface area contributed by atoms with E-state index in [2.05, 4.69) is 0 Å². The van der Waals surface area contributed by atoms with Gasteiger partial charge in [0.2, 0.25) is 10.0 Å². The Hall–Kier alpha value is -1.86. The molecule has 0 spiro atoms. The summed E-state index contributed by atoms with van der Waals surface area (Å²) in [5.74, 6) is -2.37. The van der Waals surface area contributed by atoms with Gasteiger partial charge >= 0.3 is 18.3 Å². The molecule has 0 aliphatic carbocycles. The number of hydrogen-bond acceptors (Lipinski definition) is 4. The van der Waals surface area contributed by atoms with E-state index in [0.717, 1.165) is 4.72 Å². The van der Waals surface area contributed by atoms with E-state index in [1.165, 1.54) is 0 Å². The van der Waals surface area contributed by atoms with Crippen molar-refractivity contribution in [3.63, 3.8) is 0 Å². The van der Waals surface area contributed by atoms with Crippen LogP contribution >= 0.6 is 0 Å². The van der Waals surface area contributed by atoms with E-state index in [9.17, 15) is 39.6 Å². The van der Waals surface area contributed by atoms with Crippen LogP contribution in [0.5, 0.6) is 0 Å². The maximum absolute atomic E-state index is 12.7. The molecule has 0 aliphatic rings. The zero-order valence-electron chi connectivity index (χ0n) is 11.3. The van der Waals surface area contributed by atoms with Crippen LogP contribution in [-0.2, 0) is 21.0 Å². The smallest absolute Gasteiger partial charge is 0.416 e. The number of nitrogens with one attached hydrogen (secondary N) is 1. The van der Waals surface area contributed by atoms with Gasteiger partial charge in [-0.2, -0.15) is 31.1 Å². The maximum Gasteiger partial charge on any atom is 0.416 e. The molecule has 1 aromatic rings. The summed E-state index contributed by atoms with van der Waals surface area (Å²) in [6.07, 6.45) is -13.6. The highest BCUT2D eigenvalue weighted by atomic mass is 32.2. The zero-order chi connectivity index (χ0) is 18.9. The van der Waals surface area contributed by atoms with Crippen molar-refractivity contribution < 1.29 is 49.8 Å². The number of benzene rings is 1. The van der Waals surface area contributed by atoms with E-state index in [1.807, 2.05) is 0 Å². The molecule has 0 saturated heterocycles. The molecule has 0 fully saturated rings. The number of carboxylic acids is 1. The molecule has 0 saturated carbocycles. The first-order valence-corrected chi connectivity index (χ1v) is 7.32. The lowest BCUT2D eigenvalue weighted by Gasteiger charge is -2.23.